The minimum Gasteiger partial charge on any atom is -0.388 e. The van der Waals surface area contributed by atoms with Crippen molar-refractivity contribution in [1.82, 2.24) is 5.32 Å². The molecule has 0 bridgehead atoms. The van der Waals surface area contributed by atoms with Crippen LogP contribution < -0.4 is 5.32 Å². The molecule has 0 aromatic heterocycles. The topological polar surface area (TPSA) is 12.0 Å². The van der Waals surface area contributed by atoms with Crippen LogP contribution in [0.1, 0.15) is 78.6 Å². The molecule has 0 amide bonds. The van der Waals surface area contributed by atoms with Gasteiger partial charge in [-0.05, 0) is 85.6 Å². The molecule has 3 saturated carbocycles. The third kappa shape index (κ3) is 2.10. The molecule has 0 aromatic carbocycles. The minimum atomic E-state index is 0.530. The van der Waals surface area contributed by atoms with Crippen molar-refractivity contribution in [2.24, 2.45) is 34.5 Å². The van der Waals surface area contributed by atoms with Gasteiger partial charge in [0, 0.05) is 6.04 Å². The molecule has 0 aromatic rings. The van der Waals surface area contributed by atoms with E-state index in [1.807, 2.05) is 0 Å². The average Bonchev–Trinajstić information content (AvgIpc) is 2.83. The summed E-state index contributed by atoms with van der Waals surface area (Å²) in [6.07, 6.45) is 17.8. The van der Waals surface area contributed by atoms with E-state index in [2.05, 4.69) is 38.4 Å². The van der Waals surface area contributed by atoms with E-state index in [0.29, 0.717) is 10.8 Å². The normalized spacial score (nSPS) is 53.3. The molecule has 1 heterocycles. The average molecular weight is 302 g/mol. The molecule has 0 saturated heterocycles. The summed E-state index contributed by atoms with van der Waals surface area (Å²) in [5.41, 5.74) is 1.21. The van der Waals surface area contributed by atoms with Gasteiger partial charge in [-0.2, -0.15) is 0 Å². The zero-order valence-electron chi connectivity index (χ0n) is 14.9. The predicted molar refractivity (Wildman–Crippen MR) is 93.5 cm³/mol. The van der Waals surface area contributed by atoms with E-state index in [1.54, 1.807) is 6.42 Å². The Kier molecular flexibility index (Phi) is 3.62. The number of rotatable bonds is 2. The molecule has 1 N–H and O–H groups in total. The van der Waals surface area contributed by atoms with E-state index >= 15 is 0 Å². The number of hydrogen-bond acceptors (Lipinski definition) is 1. The fourth-order valence-corrected chi connectivity index (χ4v) is 7.36. The number of hydrogen-bond donors (Lipinski definition) is 1. The Labute approximate surface area is 137 Å². The Morgan fingerprint density at radius 3 is 2.82 bits per heavy atom. The largest absolute Gasteiger partial charge is 0.388 e. The van der Waals surface area contributed by atoms with Crippen LogP contribution in [0.3, 0.4) is 0 Å². The zero-order valence-corrected chi connectivity index (χ0v) is 14.9. The van der Waals surface area contributed by atoms with Gasteiger partial charge in [0.2, 0.25) is 0 Å². The lowest BCUT2D eigenvalue weighted by molar-refractivity contribution is -0.0713. The molecule has 124 valence electrons. The van der Waals surface area contributed by atoms with E-state index in [0.717, 1.165) is 29.7 Å². The summed E-state index contributed by atoms with van der Waals surface area (Å²) in [4.78, 5) is 0. The van der Waals surface area contributed by atoms with Crippen LogP contribution in [0.5, 0.6) is 0 Å². The van der Waals surface area contributed by atoms with Crippen LogP contribution in [0.25, 0.3) is 0 Å². The van der Waals surface area contributed by atoms with Gasteiger partial charge in [-0.1, -0.05) is 39.7 Å². The molecule has 3 aliphatic carbocycles. The smallest absolute Gasteiger partial charge is 0.0315 e. The van der Waals surface area contributed by atoms with Crippen LogP contribution in [0, 0.1) is 34.5 Å². The highest BCUT2D eigenvalue weighted by molar-refractivity contribution is 5.13. The summed E-state index contributed by atoms with van der Waals surface area (Å²) in [5.74, 6) is 4.07. The van der Waals surface area contributed by atoms with Gasteiger partial charge in [-0.25, -0.2) is 0 Å². The predicted octanol–water partition coefficient (Wildman–Crippen LogP) is 5.52. The van der Waals surface area contributed by atoms with Crippen LogP contribution in [0.4, 0.5) is 0 Å². The third-order valence-corrected chi connectivity index (χ3v) is 8.40. The van der Waals surface area contributed by atoms with E-state index in [1.165, 1.54) is 51.4 Å². The van der Waals surface area contributed by atoms with E-state index in [4.69, 9.17) is 0 Å². The maximum atomic E-state index is 3.71. The van der Waals surface area contributed by atoms with Crippen molar-refractivity contribution >= 4 is 0 Å². The highest BCUT2D eigenvalue weighted by Gasteiger charge is 2.58. The summed E-state index contributed by atoms with van der Waals surface area (Å²) in [6, 6.07) is 0.746. The molecule has 1 heteroatoms. The molecule has 0 radical (unpaired) electrons. The van der Waals surface area contributed by atoms with Crippen LogP contribution in [0.2, 0.25) is 0 Å². The highest BCUT2D eigenvalue weighted by Crippen LogP contribution is 2.65. The van der Waals surface area contributed by atoms with Crippen molar-refractivity contribution in [2.75, 3.05) is 0 Å². The van der Waals surface area contributed by atoms with Crippen LogP contribution in [-0.2, 0) is 0 Å². The fourth-order valence-electron chi connectivity index (χ4n) is 7.36. The van der Waals surface area contributed by atoms with Crippen molar-refractivity contribution in [1.29, 1.82) is 0 Å². The van der Waals surface area contributed by atoms with E-state index in [9.17, 15) is 0 Å². The molecule has 3 fully saturated rings. The van der Waals surface area contributed by atoms with E-state index in [-0.39, 0.29) is 0 Å². The first kappa shape index (κ1) is 15.1. The molecule has 22 heavy (non-hydrogen) atoms. The van der Waals surface area contributed by atoms with Crippen LogP contribution in [0.15, 0.2) is 12.3 Å². The van der Waals surface area contributed by atoms with E-state index < -0.39 is 0 Å². The standard InChI is InChI=1S/C21H35N/c1-4-6-15-13-18-16-7-8-19-21(3,10-5-12-22-19)17(16)9-11-20(18,2)14-15/h5,12,15-19,22H,4,6-11,13-14H2,1-3H3/t15-,16+,17-,18-,19?,20+,21+/m0/s1. The van der Waals surface area contributed by atoms with Crippen molar-refractivity contribution in [2.45, 2.75) is 84.6 Å². The molecular weight excluding hydrogens is 266 g/mol. The molecule has 4 aliphatic rings. The summed E-state index contributed by atoms with van der Waals surface area (Å²) in [7, 11) is 0. The van der Waals surface area contributed by atoms with Crippen molar-refractivity contribution in [3.8, 4) is 0 Å². The lowest BCUT2D eigenvalue weighted by Gasteiger charge is -2.59. The summed E-state index contributed by atoms with van der Waals surface area (Å²) in [6.45, 7) is 7.63. The monoisotopic (exact) mass is 301 g/mol. The second kappa shape index (κ2) is 5.28. The Balaban J connectivity index is 1.59. The second-order valence-corrected chi connectivity index (χ2v) is 9.57. The van der Waals surface area contributed by atoms with Crippen molar-refractivity contribution in [3.63, 3.8) is 0 Å². The van der Waals surface area contributed by atoms with Gasteiger partial charge in [0.25, 0.3) is 0 Å². The minimum absolute atomic E-state index is 0.530. The fraction of sp³-hybridized carbons (Fsp3) is 0.905. The molecule has 4 rings (SSSR count). The van der Waals surface area contributed by atoms with Gasteiger partial charge >= 0.3 is 0 Å². The first-order chi connectivity index (χ1) is 10.6. The molecular formula is C21H35N. The molecule has 1 nitrogen and oxygen atoms in total. The highest BCUT2D eigenvalue weighted by atomic mass is 14.9. The Bertz CT molecular complexity index is 455. The van der Waals surface area contributed by atoms with Crippen molar-refractivity contribution < 1.29 is 0 Å². The summed E-state index contributed by atoms with van der Waals surface area (Å²) >= 11 is 0. The lowest BCUT2D eigenvalue weighted by Crippen LogP contribution is -2.57. The van der Waals surface area contributed by atoms with Crippen LogP contribution in [-0.4, -0.2) is 6.04 Å². The van der Waals surface area contributed by atoms with Gasteiger partial charge in [0.05, 0.1) is 0 Å². The zero-order chi connectivity index (χ0) is 15.4. The molecule has 0 spiro atoms. The summed E-state index contributed by atoms with van der Waals surface area (Å²) in [5, 5.41) is 3.71. The maximum absolute atomic E-state index is 3.71. The number of allylic oxidation sites excluding steroid dienone is 1. The van der Waals surface area contributed by atoms with Gasteiger partial charge in [-0.3, -0.25) is 0 Å². The molecule has 1 aliphatic heterocycles. The second-order valence-electron chi connectivity index (χ2n) is 9.57. The van der Waals surface area contributed by atoms with Crippen LogP contribution >= 0.6 is 0 Å². The molecule has 1 unspecified atom stereocenters. The van der Waals surface area contributed by atoms with Crippen molar-refractivity contribution in [3.05, 3.63) is 12.3 Å². The van der Waals surface area contributed by atoms with Gasteiger partial charge in [0.15, 0.2) is 0 Å². The number of fused-ring (bicyclic) bond motifs is 5. The Morgan fingerprint density at radius 1 is 1.14 bits per heavy atom. The third-order valence-electron chi connectivity index (χ3n) is 8.40. The SMILES string of the molecule is CCC[C@H]1C[C@H]2[C@@H]3CCC4NC=CC[C@]4(C)[C@H]3CC[C@]2(C)C1. The van der Waals surface area contributed by atoms with Gasteiger partial charge in [-0.15, -0.1) is 0 Å². The Hall–Kier alpha value is -0.460. The molecule has 7 atom stereocenters. The Morgan fingerprint density at radius 2 is 2.00 bits per heavy atom. The first-order valence-electron chi connectivity index (χ1n) is 9.98. The lowest BCUT2D eigenvalue weighted by atomic mass is 9.48. The maximum Gasteiger partial charge on any atom is 0.0315 e. The number of nitrogens with one attached hydrogen (secondary N) is 1. The van der Waals surface area contributed by atoms with Gasteiger partial charge < -0.3 is 5.32 Å². The van der Waals surface area contributed by atoms with Gasteiger partial charge in [0.1, 0.15) is 0 Å². The first-order valence-corrected chi connectivity index (χ1v) is 9.98. The summed E-state index contributed by atoms with van der Waals surface area (Å²) < 4.78 is 0. The quantitative estimate of drug-likeness (QED) is 0.708.